The highest BCUT2D eigenvalue weighted by atomic mass is 19.4. The minimum absolute atomic E-state index is 0.463. The quantitative estimate of drug-likeness (QED) is 0.903. The SMILES string of the molecule is COC1(C(O)c2ccc(C(F)(F)F)cc2)CCC1. The van der Waals surface area contributed by atoms with Gasteiger partial charge >= 0.3 is 6.18 Å². The molecule has 0 spiro atoms. The molecule has 1 aromatic rings. The van der Waals surface area contributed by atoms with E-state index in [9.17, 15) is 18.3 Å². The van der Waals surface area contributed by atoms with Crippen LogP contribution in [0.4, 0.5) is 13.2 Å². The average Bonchev–Trinajstić information content (AvgIpc) is 2.27. The summed E-state index contributed by atoms with van der Waals surface area (Å²) in [6, 6.07) is 4.60. The normalized spacial score (nSPS) is 20.3. The number of halogens is 3. The van der Waals surface area contributed by atoms with Gasteiger partial charge < -0.3 is 9.84 Å². The fourth-order valence-corrected chi connectivity index (χ4v) is 2.27. The molecule has 0 saturated heterocycles. The monoisotopic (exact) mass is 260 g/mol. The van der Waals surface area contributed by atoms with E-state index in [0.717, 1.165) is 31.4 Å². The number of alkyl halides is 3. The van der Waals surface area contributed by atoms with Crippen molar-refractivity contribution >= 4 is 0 Å². The van der Waals surface area contributed by atoms with Crippen molar-refractivity contribution in [2.45, 2.75) is 37.1 Å². The molecule has 1 saturated carbocycles. The van der Waals surface area contributed by atoms with Crippen molar-refractivity contribution in [2.75, 3.05) is 7.11 Å². The number of hydrogen-bond donors (Lipinski definition) is 1. The zero-order chi connectivity index (χ0) is 13.4. The number of aliphatic hydroxyl groups excluding tert-OH is 1. The maximum absolute atomic E-state index is 12.4. The van der Waals surface area contributed by atoms with Crippen LogP contribution < -0.4 is 0 Å². The third kappa shape index (κ3) is 2.24. The number of methoxy groups -OCH3 is 1. The third-order valence-corrected chi connectivity index (χ3v) is 3.66. The molecular weight excluding hydrogens is 245 g/mol. The molecule has 2 rings (SSSR count). The lowest BCUT2D eigenvalue weighted by molar-refractivity contribution is -0.152. The zero-order valence-corrected chi connectivity index (χ0v) is 10.00. The molecule has 1 aromatic carbocycles. The summed E-state index contributed by atoms with van der Waals surface area (Å²) in [7, 11) is 1.52. The van der Waals surface area contributed by atoms with Crippen LogP contribution in [0.3, 0.4) is 0 Å². The fourth-order valence-electron chi connectivity index (χ4n) is 2.27. The molecule has 1 unspecified atom stereocenters. The second-order valence-corrected chi connectivity index (χ2v) is 4.64. The summed E-state index contributed by atoms with van der Waals surface area (Å²) in [6.45, 7) is 0. The molecule has 5 heteroatoms. The van der Waals surface area contributed by atoms with Crippen LogP contribution in [0.25, 0.3) is 0 Å². The van der Waals surface area contributed by atoms with Crippen LogP contribution in [0.2, 0.25) is 0 Å². The Bertz CT molecular complexity index is 402. The molecule has 0 amide bonds. The Hall–Kier alpha value is -1.07. The number of rotatable bonds is 3. The van der Waals surface area contributed by atoms with Crippen molar-refractivity contribution in [3.8, 4) is 0 Å². The van der Waals surface area contributed by atoms with Crippen molar-refractivity contribution in [1.82, 2.24) is 0 Å². The Morgan fingerprint density at radius 2 is 1.78 bits per heavy atom. The molecule has 18 heavy (non-hydrogen) atoms. The summed E-state index contributed by atoms with van der Waals surface area (Å²) in [6.07, 6.45) is -2.81. The fraction of sp³-hybridized carbons (Fsp3) is 0.538. The van der Waals surface area contributed by atoms with Gasteiger partial charge in [-0.05, 0) is 37.0 Å². The van der Waals surface area contributed by atoms with Gasteiger partial charge in [0.2, 0.25) is 0 Å². The zero-order valence-electron chi connectivity index (χ0n) is 10.00. The Balaban J connectivity index is 2.19. The van der Waals surface area contributed by atoms with E-state index in [1.807, 2.05) is 0 Å². The number of benzene rings is 1. The van der Waals surface area contributed by atoms with Crippen molar-refractivity contribution in [3.05, 3.63) is 35.4 Å². The summed E-state index contributed by atoms with van der Waals surface area (Å²) < 4.78 is 42.5. The van der Waals surface area contributed by atoms with Crippen LogP contribution in [0.5, 0.6) is 0 Å². The van der Waals surface area contributed by atoms with Gasteiger partial charge in [0.25, 0.3) is 0 Å². The van der Waals surface area contributed by atoms with Gasteiger partial charge in [-0.15, -0.1) is 0 Å². The van der Waals surface area contributed by atoms with E-state index < -0.39 is 23.4 Å². The van der Waals surface area contributed by atoms with Gasteiger partial charge in [-0.3, -0.25) is 0 Å². The van der Waals surface area contributed by atoms with Crippen molar-refractivity contribution in [1.29, 1.82) is 0 Å². The van der Waals surface area contributed by atoms with Crippen LogP contribution in [-0.4, -0.2) is 17.8 Å². The first-order valence-electron chi connectivity index (χ1n) is 5.79. The average molecular weight is 260 g/mol. The molecule has 1 atom stereocenters. The Labute approximate surface area is 103 Å². The molecule has 1 aliphatic carbocycles. The number of hydrogen-bond acceptors (Lipinski definition) is 2. The smallest absolute Gasteiger partial charge is 0.385 e. The summed E-state index contributed by atoms with van der Waals surface area (Å²) in [4.78, 5) is 0. The maximum atomic E-state index is 12.4. The summed E-state index contributed by atoms with van der Waals surface area (Å²) in [5, 5.41) is 10.2. The van der Waals surface area contributed by atoms with Crippen molar-refractivity contribution in [2.24, 2.45) is 0 Å². The predicted molar refractivity (Wildman–Crippen MR) is 60.0 cm³/mol. The van der Waals surface area contributed by atoms with Gasteiger partial charge in [0.1, 0.15) is 6.10 Å². The highest BCUT2D eigenvalue weighted by Gasteiger charge is 2.44. The molecule has 2 nitrogen and oxygen atoms in total. The van der Waals surface area contributed by atoms with Gasteiger partial charge in [-0.25, -0.2) is 0 Å². The first-order chi connectivity index (χ1) is 8.39. The van der Waals surface area contributed by atoms with Gasteiger partial charge in [0, 0.05) is 7.11 Å². The largest absolute Gasteiger partial charge is 0.416 e. The number of ether oxygens (including phenoxy) is 1. The minimum atomic E-state index is -4.35. The Kier molecular flexibility index (Phi) is 3.38. The van der Waals surface area contributed by atoms with Crippen LogP contribution >= 0.6 is 0 Å². The second-order valence-electron chi connectivity index (χ2n) is 4.64. The molecule has 0 bridgehead atoms. The first-order valence-corrected chi connectivity index (χ1v) is 5.79. The van der Waals surface area contributed by atoms with Gasteiger partial charge in [0.15, 0.2) is 0 Å². The van der Waals surface area contributed by atoms with E-state index in [4.69, 9.17) is 4.74 Å². The summed E-state index contributed by atoms with van der Waals surface area (Å²) in [5.74, 6) is 0. The molecule has 1 aliphatic rings. The first kappa shape index (κ1) is 13.4. The second kappa shape index (κ2) is 4.55. The highest BCUT2D eigenvalue weighted by Crippen LogP contribution is 2.45. The van der Waals surface area contributed by atoms with Crippen LogP contribution in [-0.2, 0) is 10.9 Å². The molecule has 1 N–H and O–H groups in total. The molecule has 0 heterocycles. The van der Waals surface area contributed by atoms with E-state index in [2.05, 4.69) is 0 Å². The lowest BCUT2D eigenvalue weighted by Crippen LogP contribution is -2.45. The standard InChI is InChI=1S/C13H15F3O2/c1-18-12(7-2-8-12)11(17)9-3-5-10(6-4-9)13(14,15)16/h3-6,11,17H,2,7-8H2,1H3. The lowest BCUT2D eigenvalue weighted by atomic mass is 9.73. The third-order valence-electron chi connectivity index (χ3n) is 3.66. The molecule has 0 aromatic heterocycles. The van der Waals surface area contributed by atoms with Crippen LogP contribution in [0, 0.1) is 0 Å². The van der Waals surface area contributed by atoms with Crippen LogP contribution in [0.15, 0.2) is 24.3 Å². The number of aliphatic hydroxyl groups is 1. The van der Waals surface area contributed by atoms with E-state index in [-0.39, 0.29) is 0 Å². The molecule has 100 valence electrons. The van der Waals surface area contributed by atoms with Crippen molar-refractivity contribution < 1.29 is 23.0 Å². The van der Waals surface area contributed by atoms with E-state index >= 15 is 0 Å². The van der Waals surface area contributed by atoms with Gasteiger partial charge in [0.05, 0.1) is 11.2 Å². The lowest BCUT2D eigenvalue weighted by Gasteiger charge is -2.44. The van der Waals surface area contributed by atoms with Crippen LogP contribution in [0.1, 0.15) is 36.5 Å². The predicted octanol–water partition coefficient (Wildman–Crippen LogP) is 3.31. The Morgan fingerprint density at radius 3 is 2.11 bits per heavy atom. The summed E-state index contributed by atoms with van der Waals surface area (Å²) in [5.41, 5.74) is -0.872. The minimum Gasteiger partial charge on any atom is -0.385 e. The Morgan fingerprint density at radius 1 is 1.22 bits per heavy atom. The molecule has 0 aliphatic heterocycles. The van der Waals surface area contributed by atoms with E-state index in [1.165, 1.54) is 19.2 Å². The molecular formula is C13H15F3O2. The summed E-state index contributed by atoms with van der Waals surface area (Å²) >= 11 is 0. The molecule has 0 radical (unpaired) electrons. The molecule has 1 fully saturated rings. The highest BCUT2D eigenvalue weighted by molar-refractivity contribution is 5.28. The van der Waals surface area contributed by atoms with E-state index in [0.29, 0.717) is 5.56 Å². The maximum Gasteiger partial charge on any atom is 0.416 e. The van der Waals surface area contributed by atoms with Gasteiger partial charge in [-0.1, -0.05) is 12.1 Å². The van der Waals surface area contributed by atoms with E-state index in [1.54, 1.807) is 0 Å². The van der Waals surface area contributed by atoms with Crippen molar-refractivity contribution in [3.63, 3.8) is 0 Å². The van der Waals surface area contributed by atoms with Gasteiger partial charge in [-0.2, -0.15) is 13.2 Å². The topological polar surface area (TPSA) is 29.5 Å².